The van der Waals surface area contributed by atoms with Gasteiger partial charge in [-0.1, -0.05) is 18.5 Å². The SMILES string of the molecule is CC(CO)c1cc(Cl)c2c(c1)OCC1(CC1)CO2. The first-order valence-corrected chi connectivity index (χ1v) is 6.71. The highest BCUT2D eigenvalue weighted by molar-refractivity contribution is 6.32. The molecule has 98 valence electrons. The van der Waals surface area contributed by atoms with Crippen LogP contribution in [0.5, 0.6) is 11.5 Å². The van der Waals surface area contributed by atoms with E-state index in [9.17, 15) is 5.11 Å². The summed E-state index contributed by atoms with van der Waals surface area (Å²) in [7, 11) is 0. The van der Waals surface area contributed by atoms with Crippen molar-refractivity contribution in [1.82, 2.24) is 0 Å². The van der Waals surface area contributed by atoms with Gasteiger partial charge in [0.25, 0.3) is 0 Å². The molecule has 0 aromatic heterocycles. The minimum Gasteiger partial charge on any atom is -0.489 e. The molecule has 0 bridgehead atoms. The zero-order valence-corrected chi connectivity index (χ0v) is 11.2. The smallest absolute Gasteiger partial charge is 0.179 e. The van der Waals surface area contributed by atoms with Gasteiger partial charge in [-0.25, -0.2) is 0 Å². The van der Waals surface area contributed by atoms with Crippen LogP contribution in [0.1, 0.15) is 31.2 Å². The summed E-state index contributed by atoms with van der Waals surface area (Å²) in [5.41, 5.74) is 1.20. The van der Waals surface area contributed by atoms with Crippen molar-refractivity contribution in [2.45, 2.75) is 25.7 Å². The minimum absolute atomic E-state index is 0.0505. The zero-order valence-electron chi connectivity index (χ0n) is 10.4. The molecular formula is C14H17ClO3. The molecule has 1 fully saturated rings. The molecule has 4 heteroatoms. The molecule has 1 aliphatic heterocycles. The predicted octanol–water partition coefficient (Wildman–Crippen LogP) is 2.99. The van der Waals surface area contributed by atoms with Gasteiger partial charge in [0.2, 0.25) is 0 Å². The maximum absolute atomic E-state index is 9.22. The fourth-order valence-corrected chi connectivity index (χ4v) is 2.46. The van der Waals surface area contributed by atoms with Crippen LogP contribution in [-0.4, -0.2) is 24.9 Å². The molecule has 1 heterocycles. The zero-order chi connectivity index (χ0) is 12.8. The first-order valence-electron chi connectivity index (χ1n) is 6.33. The van der Waals surface area contributed by atoms with Gasteiger partial charge in [-0.2, -0.15) is 0 Å². The number of ether oxygens (including phenoxy) is 2. The van der Waals surface area contributed by atoms with Crippen LogP contribution in [0, 0.1) is 5.41 Å². The molecule has 1 unspecified atom stereocenters. The van der Waals surface area contributed by atoms with Crippen molar-refractivity contribution in [3.05, 3.63) is 22.7 Å². The van der Waals surface area contributed by atoms with Crippen LogP contribution in [0.3, 0.4) is 0 Å². The molecule has 0 saturated heterocycles. The number of hydrogen-bond acceptors (Lipinski definition) is 3. The summed E-state index contributed by atoms with van der Waals surface area (Å²) in [6.07, 6.45) is 2.33. The molecule has 3 nitrogen and oxygen atoms in total. The Labute approximate surface area is 112 Å². The maximum atomic E-state index is 9.22. The summed E-state index contributed by atoms with van der Waals surface area (Å²) in [6.45, 7) is 3.44. The summed E-state index contributed by atoms with van der Waals surface area (Å²) >= 11 is 6.25. The molecule has 2 aliphatic rings. The van der Waals surface area contributed by atoms with Crippen molar-refractivity contribution >= 4 is 11.6 Å². The van der Waals surface area contributed by atoms with Crippen molar-refractivity contribution in [3.63, 3.8) is 0 Å². The largest absolute Gasteiger partial charge is 0.489 e. The van der Waals surface area contributed by atoms with Gasteiger partial charge in [-0.3, -0.25) is 0 Å². The van der Waals surface area contributed by atoms with Crippen molar-refractivity contribution in [2.24, 2.45) is 5.41 Å². The Kier molecular flexibility index (Phi) is 2.91. The summed E-state index contributed by atoms with van der Waals surface area (Å²) < 4.78 is 11.7. The van der Waals surface area contributed by atoms with Crippen LogP contribution >= 0.6 is 11.6 Å². The van der Waals surface area contributed by atoms with E-state index in [2.05, 4.69) is 0 Å². The van der Waals surface area contributed by atoms with E-state index < -0.39 is 0 Å². The van der Waals surface area contributed by atoms with Gasteiger partial charge in [-0.05, 0) is 30.5 Å². The van der Waals surface area contributed by atoms with Crippen LogP contribution in [0.15, 0.2) is 12.1 Å². The van der Waals surface area contributed by atoms with E-state index >= 15 is 0 Å². The van der Waals surface area contributed by atoms with E-state index in [1.807, 2.05) is 19.1 Å². The number of fused-ring (bicyclic) bond motifs is 1. The Hall–Kier alpha value is -0.930. The molecule has 1 aliphatic carbocycles. The van der Waals surface area contributed by atoms with E-state index in [-0.39, 0.29) is 17.9 Å². The second-order valence-corrected chi connectivity index (χ2v) is 5.90. The molecule has 1 spiro atoms. The summed E-state index contributed by atoms with van der Waals surface area (Å²) in [5, 5.41) is 9.79. The van der Waals surface area contributed by atoms with E-state index in [1.165, 1.54) is 12.8 Å². The Bertz CT molecular complexity index is 468. The van der Waals surface area contributed by atoms with Gasteiger partial charge in [0, 0.05) is 17.9 Å². The van der Waals surface area contributed by atoms with Crippen LogP contribution in [-0.2, 0) is 0 Å². The molecule has 1 atom stereocenters. The van der Waals surface area contributed by atoms with E-state index in [1.54, 1.807) is 0 Å². The van der Waals surface area contributed by atoms with E-state index in [4.69, 9.17) is 21.1 Å². The predicted molar refractivity (Wildman–Crippen MR) is 69.6 cm³/mol. The van der Waals surface area contributed by atoms with Crippen LogP contribution in [0.4, 0.5) is 0 Å². The fourth-order valence-electron chi connectivity index (χ4n) is 2.19. The second-order valence-electron chi connectivity index (χ2n) is 5.49. The standard InChI is InChI=1S/C14H17ClO3/c1-9(6-16)10-4-11(15)13-12(5-10)17-7-14(2-3-14)8-18-13/h4-5,9,16H,2-3,6-8H2,1H3. The number of hydrogen-bond donors (Lipinski definition) is 1. The quantitative estimate of drug-likeness (QED) is 0.896. The van der Waals surface area contributed by atoms with Gasteiger partial charge in [0.1, 0.15) is 0 Å². The van der Waals surface area contributed by atoms with Gasteiger partial charge < -0.3 is 14.6 Å². The average Bonchev–Trinajstić information content (AvgIpc) is 3.16. The maximum Gasteiger partial charge on any atom is 0.179 e. The topological polar surface area (TPSA) is 38.7 Å². The van der Waals surface area contributed by atoms with Crippen molar-refractivity contribution in [2.75, 3.05) is 19.8 Å². The Morgan fingerprint density at radius 2 is 2.06 bits per heavy atom. The third kappa shape index (κ3) is 2.06. The third-order valence-corrected chi connectivity index (χ3v) is 4.17. The van der Waals surface area contributed by atoms with Crippen molar-refractivity contribution < 1.29 is 14.6 Å². The molecule has 3 rings (SSSR count). The number of benzene rings is 1. The minimum atomic E-state index is 0.0505. The summed E-state index contributed by atoms with van der Waals surface area (Å²) in [5.74, 6) is 1.41. The Morgan fingerprint density at radius 1 is 1.33 bits per heavy atom. The number of aliphatic hydroxyl groups is 1. The highest BCUT2D eigenvalue weighted by atomic mass is 35.5. The first kappa shape index (κ1) is 12.1. The Morgan fingerprint density at radius 3 is 2.72 bits per heavy atom. The van der Waals surface area contributed by atoms with Crippen molar-refractivity contribution in [3.8, 4) is 11.5 Å². The lowest BCUT2D eigenvalue weighted by atomic mass is 10.0. The summed E-state index contributed by atoms with van der Waals surface area (Å²) in [4.78, 5) is 0. The van der Waals surface area contributed by atoms with Gasteiger partial charge in [0.05, 0.1) is 18.2 Å². The first-order chi connectivity index (χ1) is 8.63. The lowest BCUT2D eigenvalue weighted by Gasteiger charge is -2.14. The van der Waals surface area contributed by atoms with Crippen LogP contribution < -0.4 is 9.47 Å². The third-order valence-electron chi connectivity index (χ3n) is 3.89. The second kappa shape index (κ2) is 4.32. The number of rotatable bonds is 2. The Balaban J connectivity index is 1.94. The average molecular weight is 269 g/mol. The van der Waals surface area contributed by atoms with E-state index in [0.717, 1.165) is 5.56 Å². The molecule has 1 N–H and O–H groups in total. The molecule has 1 aromatic carbocycles. The number of aliphatic hydroxyl groups excluding tert-OH is 1. The lowest BCUT2D eigenvalue weighted by molar-refractivity contribution is 0.197. The molecule has 0 amide bonds. The van der Waals surface area contributed by atoms with Gasteiger partial charge in [-0.15, -0.1) is 0 Å². The molecule has 18 heavy (non-hydrogen) atoms. The fraction of sp³-hybridized carbons (Fsp3) is 0.571. The molecule has 1 saturated carbocycles. The number of halogens is 1. The molecule has 1 aromatic rings. The van der Waals surface area contributed by atoms with Crippen LogP contribution in [0.25, 0.3) is 0 Å². The van der Waals surface area contributed by atoms with E-state index in [0.29, 0.717) is 29.7 Å². The van der Waals surface area contributed by atoms with Crippen molar-refractivity contribution in [1.29, 1.82) is 0 Å². The normalized spacial score (nSPS) is 21.5. The van der Waals surface area contributed by atoms with Gasteiger partial charge >= 0.3 is 0 Å². The van der Waals surface area contributed by atoms with Gasteiger partial charge in [0.15, 0.2) is 11.5 Å². The van der Waals surface area contributed by atoms with Crippen LogP contribution in [0.2, 0.25) is 5.02 Å². The highest BCUT2D eigenvalue weighted by Crippen LogP contribution is 2.50. The lowest BCUT2D eigenvalue weighted by Crippen LogP contribution is -2.17. The highest BCUT2D eigenvalue weighted by Gasteiger charge is 2.46. The monoisotopic (exact) mass is 268 g/mol. The molecular weight excluding hydrogens is 252 g/mol. The summed E-state index contributed by atoms with van der Waals surface area (Å²) in [6, 6.07) is 3.79. The molecule has 0 radical (unpaired) electrons.